The number of rotatable bonds is 3. The lowest BCUT2D eigenvalue weighted by atomic mass is 10.0. The Bertz CT molecular complexity index is 381. The molecule has 19 heavy (non-hydrogen) atoms. The van der Waals surface area contributed by atoms with E-state index in [1.54, 1.807) is 0 Å². The SMILES string of the molecule is NCC(c1c(F)cccc1F)N1CCCCCCC1. The second-order valence-corrected chi connectivity index (χ2v) is 5.19. The Morgan fingerprint density at radius 3 is 2.05 bits per heavy atom. The highest BCUT2D eigenvalue weighted by atomic mass is 19.1. The van der Waals surface area contributed by atoms with Crippen LogP contribution in [0.25, 0.3) is 0 Å². The van der Waals surface area contributed by atoms with Crippen molar-refractivity contribution in [3.05, 3.63) is 35.4 Å². The lowest BCUT2D eigenvalue weighted by Gasteiger charge is -2.32. The van der Waals surface area contributed by atoms with Gasteiger partial charge in [0.25, 0.3) is 0 Å². The third-order valence-electron chi connectivity index (χ3n) is 3.89. The molecule has 0 amide bonds. The smallest absolute Gasteiger partial charge is 0.130 e. The minimum absolute atomic E-state index is 0.130. The predicted octanol–water partition coefficient (Wildman–Crippen LogP) is 3.23. The molecule has 1 aliphatic heterocycles. The highest BCUT2D eigenvalue weighted by Crippen LogP contribution is 2.27. The van der Waals surface area contributed by atoms with Crippen LogP contribution in [0.15, 0.2) is 18.2 Å². The quantitative estimate of drug-likeness (QED) is 0.912. The highest BCUT2D eigenvalue weighted by molar-refractivity contribution is 5.24. The van der Waals surface area contributed by atoms with E-state index in [1.807, 2.05) is 0 Å². The summed E-state index contributed by atoms with van der Waals surface area (Å²) in [6.45, 7) is 1.99. The Labute approximate surface area is 113 Å². The van der Waals surface area contributed by atoms with Crippen LogP contribution in [0, 0.1) is 11.6 Å². The van der Waals surface area contributed by atoms with Gasteiger partial charge in [0.1, 0.15) is 11.6 Å². The van der Waals surface area contributed by atoms with Crippen LogP contribution in [0.4, 0.5) is 8.78 Å². The average Bonchev–Trinajstić information content (AvgIpc) is 2.35. The zero-order valence-corrected chi connectivity index (χ0v) is 11.2. The summed E-state index contributed by atoms with van der Waals surface area (Å²) in [7, 11) is 0. The average molecular weight is 268 g/mol. The number of benzene rings is 1. The number of halogens is 2. The molecule has 1 fully saturated rings. The van der Waals surface area contributed by atoms with Gasteiger partial charge in [-0.1, -0.05) is 25.3 Å². The molecule has 2 nitrogen and oxygen atoms in total. The molecule has 1 aromatic rings. The maximum absolute atomic E-state index is 13.9. The summed E-state index contributed by atoms with van der Waals surface area (Å²) in [5, 5.41) is 0. The van der Waals surface area contributed by atoms with Crippen molar-refractivity contribution in [3.63, 3.8) is 0 Å². The minimum Gasteiger partial charge on any atom is -0.329 e. The third kappa shape index (κ3) is 3.51. The lowest BCUT2D eigenvalue weighted by Crippen LogP contribution is -2.37. The number of nitrogens with two attached hydrogens (primary N) is 1. The Morgan fingerprint density at radius 2 is 1.53 bits per heavy atom. The van der Waals surface area contributed by atoms with Crippen molar-refractivity contribution in [2.75, 3.05) is 19.6 Å². The fourth-order valence-corrected chi connectivity index (χ4v) is 2.86. The normalized spacial score (nSPS) is 19.7. The van der Waals surface area contributed by atoms with E-state index in [-0.39, 0.29) is 18.2 Å². The van der Waals surface area contributed by atoms with Gasteiger partial charge >= 0.3 is 0 Å². The fraction of sp³-hybridized carbons (Fsp3) is 0.600. The van der Waals surface area contributed by atoms with Crippen molar-refractivity contribution in [2.24, 2.45) is 5.73 Å². The summed E-state index contributed by atoms with van der Waals surface area (Å²) >= 11 is 0. The number of hydrogen-bond acceptors (Lipinski definition) is 2. The molecule has 1 unspecified atom stereocenters. The second kappa shape index (κ2) is 6.96. The van der Waals surface area contributed by atoms with Gasteiger partial charge in [-0.15, -0.1) is 0 Å². The topological polar surface area (TPSA) is 29.3 Å². The Morgan fingerprint density at radius 1 is 1.00 bits per heavy atom. The summed E-state index contributed by atoms with van der Waals surface area (Å²) in [5.74, 6) is -0.977. The van der Waals surface area contributed by atoms with Gasteiger partial charge in [0.05, 0.1) is 6.04 Å². The van der Waals surface area contributed by atoms with Crippen molar-refractivity contribution in [3.8, 4) is 0 Å². The number of likely N-dealkylation sites (tertiary alicyclic amines) is 1. The molecule has 1 atom stereocenters. The van der Waals surface area contributed by atoms with E-state index in [0.29, 0.717) is 0 Å². The summed E-state index contributed by atoms with van der Waals surface area (Å²) in [6, 6.07) is 3.67. The molecule has 0 spiro atoms. The van der Waals surface area contributed by atoms with E-state index >= 15 is 0 Å². The molecule has 0 saturated carbocycles. The molecule has 1 aliphatic rings. The van der Waals surface area contributed by atoms with Crippen molar-refractivity contribution < 1.29 is 8.78 Å². The standard InChI is InChI=1S/C15H22F2N2/c16-12-7-6-8-13(17)15(12)14(11-18)19-9-4-2-1-3-5-10-19/h6-8,14H,1-5,9-11,18H2. The van der Waals surface area contributed by atoms with Gasteiger partial charge in [-0.25, -0.2) is 8.78 Å². The van der Waals surface area contributed by atoms with E-state index in [9.17, 15) is 8.78 Å². The summed E-state index contributed by atoms with van der Waals surface area (Å²) in [6.07, 6.45) is 5.79. The van der Waals surface area contributed by atoms with Crippen LogP contribution < -0.4 is 5.73 Å². The van der Waals surface area contributed by atoms with E-state index < -0.39 is 11.6 Å². The largest absolute Gasteiger partial charge is 0.329 e. The van der Waals surface area contributed by atoms with Crippen LogP contribution in [0.3, 0.4) is 0 Å². The van der Waals surface area contributed by atoms with Crippen LogP contribution in [0.1, 0.15) is 43.7 Å². The molecule has 1 saturated heterocycles. The first-order chi connectivity index (χ1) is 9.24. The maximum atomic E-state index is 13.9. The molecule has 0 bridgehead atoms. The molecule has 0 aromatic heterocycles. The van der Waals surface area contributed by atoms with Gasteiger partial charge in [-0.2, -0.15) is 0 Å². The van der Waals surface area contributed by atoms with Gasteiger partial charge in [-0.3, -0.25) is 4.90 Å². The Kier molecular flexibility index (Phi) is 5.28. The van der Waals surface area contributed by atoms with Crippen LogP contribution >= 0.6 is 0 Å². The van der Waals surface area contributed by atoms with E-state index in [1.165, 1.54) is 37.5 Å². The maximum Gasteiger partial charge on any atom is 0.130 e. The monoisotopic (exact) mass is 268 g/mol. The van der Waals surface area contributed by atoms with E-state index in [4.69, 9.17) is 5.73 Å². The highest BCUT2D eigenvalue weighted by Gasteiger charge is 2.25. The molecule has 2 rings (SSSR count). The van der Waals surface area contributed by atoms with Crippen molar-refractivity contribution in [1.29, 1.82) is 0 Å². The predicted molar refractivity (Wildman–Crippen MR) is 72.8 cm³/mol. The molecule has 1 aromatic carbocycles. The van der Waals surface area contributed by atoms with Crippen LogP contribution in [-0.2, 0) is 0 Å². The molecule has 4 heteroatoms. The van der Waals surface area contributed by atoms with Crippen molar-refractivity contribution >= 4 is 0 Å². The van der Waals surface area contributed by atoms with Gasteiger partial charge in [0.2, 0.25) is 0 Å². The van der Waals surface area contributed by atoms with Crippen molar-refractivity contribution in [1.82, 2.24) is 4.90 Å². The molecular formula is C15H22F2N2. The van der Waals surface area contributed by atoms with E-state index in [0.717, 1.165) is 25.9 Å². The van der Waals surface area contributed by atoms with Crippen molar-refractivity contribution in [2.45, 2.75) is 38.1 Å². The van der Waals surface area contributed by atoms with Crippen LogP contribution in [0.2, 0.25) is 0 Å². The minimum atomic E-state index is -0.488. The van der Waals surface area contributed by atoms with Gasteiger partial charge in [0, 0.05) is 12.1 Å². The zero-order valence-electron chi connectivity index (χ0n) is 11.2. The summed E-state index contributed by atoms with van der Waals surface area (Å²) in [4.78, 5) is 2.14. The first-order valence-corrected chi connectivity index (χ1v) is 7.12. The fourth-order valence-electron chi connectivity index (χ4n) is 2.86. The van der Waals surface area contributed by atoms with E-state index in [2.05, 4.69) is 4.90 Å². The zero-order chi connectivity index (χ0) is 13.7. The Hall–Kier alpha value is -1.00. The summed E-state index contributed by atoms with van der Waals surface area (Å²) in [5.41, 5.74) is 5.92. The molecule has 2 N–H and O–H groups in total. The van der Waals surface area contributed by atoms with Gasteiger partial charge in [0.15, 0.2) is 0 Å². The molecule has 1 heterocycles. The lowest BCUT2D eigenvalue weighted by molar-refractivity contribution is 0.177. The first-order valence-electron chi connectivity index (χ1n) is 7.12. The molecule has 106 valence electrons. The second-order valence-electron chi connectivity index (χ2n) is 5.19. The first kappa shape index (κ1) is 14.4. The van der Waals surface area contributed by atoms with Crippen LogP contribution in [-0.4, -0.2) is 24.5 Å². The Balaban J connectivity index is 2.22. The van der Waals surface area contributed by atoms with Gasteiger partial charge in [-0.05, 0) is 38.1 Å². The third-order valence-corrected chi connectivity index (χ3v) is 3.89. The van der Waals surface area contributed by atoms with Gasteiger partial charge < -0.3 is 5.73 Å². The molecule has 0 aliphatic carbocycles. The number of hydrogen-bond donors (Lipinski definition) is 1. The molecular weight excluding hydrogens is 246 g/mol. The van der Waals surface area contributed by atoms with Crippen LogP contribution in [0.5, 0.6) is 0 Å². The number of nitrogens with zero attached hydrogens (tertiary/aromatic N) is 1. The molecule has 0 radical (unpaired) electrons. The summed E-state index contributed by atoms with van der Waals surface area (Å²) < 4.78 is 27.8.